The zero-order valence-electron chi connectivity index (χ0n) is 10.7. The highest BCUT2D eigenvalue weighted by Gasteiger charge is 2.26. The third-order valence-electron chi connectivity index (χ3n) is 3.73. The number of likely N-dealkylation sites (tertiary alicyclic amines) is 1. The van der Waals surface area contributed by atoms with Gasteiger partial charge in [0.15, 0.2) is 0 Å². The Bertz CT molecular complexity index is 583. The molecule has 0 bridgehead atoms. The van der Waals surface area contributed by atoms with Crippen LogP contribution in [0.3, 0.4) is 0 Å². The highest BCUT2D eigenvalue weighted by Crippen LogP contribution is 2.34. The maximum atomic E-state index is 8.96. The van der Waals surface area contributed by atoms with Crippen LogP contribution in [0.15, 0.2) is 41.1 Å². The molecule has 0 saturated carbocycles. The molecule has 1 saturated heterocycles. The molecule has 1 unspecified atom stereocenters. The number of thiophene rings is 1. The zero-order valence-corrected chi connectivity index (χ0v) is 11.6. The Morgan fingerprint density at radius 1 is 1.37 bits per heavy atom. The first kappa shape index (κ1) is 12.4. The molecule has 96 valence electrons. The molecule has 1 aromatic carbocycles. The van der Waals surface area contributed by atoms with Crippen molar-refractivity contribution in [2.24, 2.45) is 0 Å². The molecule has 1 aromatic heterocycles. The Kier molecular flexibility index (Phi) is 3.63. The van der Waals surface area contributed by atoms with Crippen molar-refractivity contribution < 1.29 is 0 Å². The van der Waals surface area contributed by atoms with Crippen molar-refractivity contribution in [2.75, 3.05) is 6.54 Å². The molecule has 0 radical (unpaired) electrons. The van der Waals surface area contributed by atoms with Crippen LogP contribution in [0.25, 0.3) is 0 Å². The molecule has 0 spiro atoms. The number of rotatable bonds is 3. The van der Waals surface area contributed by atoms with Gasteiger partial charge in [-0.15, -0.1) is 0 Å². The number of nitrogens with zero attached hydrogens (tertiary/aromatic N) is 2. The van der Waals surface area contributed by atoms with Gasteiger partial charge in [0.05, 0.1) is 11.6 Å². The third kappa shape index (κ3) is 2.70. The van der Waals surface area contributed by atoms with E-state index in [2.05, 4.69) is 33.9 Å². The quantitative estimate of drug-likeness (QED) is 0.842. The first-order valence-corrected chi connectivity index (χ1v) is 7.56. The molecule has 2 nitrogen and oxygen atoms in total. The molecule has 2 aromatic rings. The summed E-state index contributed by atoms with van der Waals surface area (Å²) in [5.41, 5.74) is 3.43. The molecule has 1 aliphatic heterocycles. The summed E-state index contributed by atoms with van der Waals surface area (Å²) in [6.45, 7) is 2.09. The first-order chi connectivity index (χ1) is 9.36. The Hall–Kier alpha value is -1.63. The van der Waals surface area contributed by atoms with Crippen LogP contribution in [0.4, 0.5) is 0 Å². The van der Waals surface area contributed by atoms with Gasteiger partial charge in [-0.05, 0) is 59.5 Å². The Labute approximate surface area is 117 Å². The second-order valence-electron chi connectivity index (χ2n) is 5.00. The van der Waals surface area contributed by atoms with E-state index >= 15 is 0 Å². The van der Waals surface area contributed by atoms with E-state index in [1.807, 2.05) is 18.2 Å². The fourth-order valence-electron chi connectivity index (χ4n) is 2.83. The maximum absolute atomic E-state index is 8.96. The molecule has 0 N–H and O–H groups in total. The minimum atomic E-state index is 0.553. The third-order valence-corrected chi connectivity index (χ3v) is 4.43. The Morgan fingerprint density at radius 2 is 2.32 bits per heavy atom. The van der Waals surface area contributed by atoms with Crippen molar-refractivity contribution in [1.82, 2.24) is 4.90 Å². The summed E-state index contributed by atoms with van der Waals surface area (Å²) >= 11 is 1.77. The minimum Gasteiger partial charge on any atom is -0.292 e. The van der Waals surface area contributed by atoms with Crippen molar-refractivity contribution in [3.63, 3.8) is 0 Å². The smallest absolute Gasteiger partial charge is 0.0991 e. The van der Waals surface area contributed by atoms with Gasteiger partial charge in [0.1, 0.15) is 0 Å². The minimum absolute atomic E-state index is 0.553. The Morgan fingerprint density at radius 3 is 3.11 bits per heavy atom. The van der Waals surface area contributed by atoms with Crippen LogP contribution in [0.5, 0.6) is 0 Å². The average Bonchev–Trinajstić information content (AvgIpc) is 3.09. The fraction of sp³-hybridized carbons (Fsp3) is 0.312. The van der Waals surface area contributed by atoms with Crippen LogP contribution in [-0.4, -0.2) is 11.4 Å². The van der Waals surface area contributed by atoms with E-state index in [9.17, 15) is 0 Å². The van der Waals surface area contributed by atoms with Gasteiger partial charge in [-0.25, -0.2) is 0 Å². The predicted molar refractivity (Wildman–Crippen MR) is 77.9 cm³/mol. The summed E-state index contributed by atoms with van der Waals surface area (Å²) in [5, 5.41) is 13.4. The lowest BCUT2D eigenvalue weighted by Gasteiger charge is -2.24. The van der Waals surface area contributed by atoms with E-state index < -0.39 is 0 Å². The standard InChI is InChI=1S/C16H16N2S/c17-10-13-3-1-4-14(9-13)11-18-7-2-5-16(18)15-6-8-19-12-15/h1,3-4,6,8-9,12,16H,2,5,7,11H2. The Balaban J connectivity index is 1.77. The second kappa shape index (κ2) is 5.56. The van der Waals surface area contributed by atoms with Crippen LogP contribution in [0.2, 0.25) is 0 Å². The lowest BCUT2D eigenvalue weighted by atomic mass is 10.1. The van der Waals surface area contributed by atoms with Gasteiger partial charge >= 0.3 is 0 Å². The van der Waals surface area contributed by atoms with Gasteiger partial charge in [-0.2, -0.15) is 16.6 Å². The molecular weight excluding hydrogens is 252 g/mol. The zero-order chi connectivity index (χ0) is 13.1. The van der Waals surface area contributed by atoms with Gasteiger partial charge in [-0.3, -0.25) is 4.90 Å². The molecule has 1 aliphatic rings. The molecule has 0 aliphatic carbocycles. The monoisotopic (exact) mass is 268 g/mol. The van der Waals surface area contributed by atoms with Crippen LogP contribution in [0, 0.1) is 11.3 Å². The fourth-order valence-corrected chi connectivity index (χ4v) is 3.54. The van der Waals surface area contributed by atoms with E-state index in [1.165, 1.54) is 24.0 Å². The summed E-state index contributed by atoms with van der Waals surface area (Å²) in [6.07, 6.45) is 2.51. The van der Waals surface area contributed by atoms with Crippen molar-refractivity contribution in [2.45, 2.75) is 25.4 Å². The molecule has 3 rings (SSSR count). The second-order valence-corrected chi connectivity index (χ2v) is 5.78. The highest BCUT2D eigenvalue weighted by molar-refractivity contribution is 7.07. The summed E-state index contributed by atoms with van der Waals surface area (Å²) < 4.78 is 0. The van der Waals surface area contributed by atoms with E-state index in [-0.39, 0.29) is 0 Å². The highest BCUT2D eigenvalue weighted by atomic mass is 32.1. The van der Waals surface area contributed by atoms with E-state index in [4.69, 9.17) is 5.26 Å². The van der Waals surface area contributed by atoms with Gasteiger partial charge in [0.2, 0.25) is 0 Å². The van der Waals surface area contributed by atoms with Crippen molar-refractivity contribution >= 4 is 11.3 Å². The molecular formula is C16H16N2S. The molecule has 1 fully saturated rings. The van der Waals surface area contributed by atoms with E-state index in [1.54, 1.807) is 11.3 Å². The topological polar surface area (TPSA) is 27.0 Å². The molecule has 3 heteroatoms. The van der Waals surface area contributed by atoms with Crippen LogP contribution in [-0.2, 0) is 6.54 Å². The van der Waals surface area contributed by atoms with Gasteiger partial charge in [-0.1, -0.05) is 12.1 Å². The predicted octanol–water partition coefficient (Wildman–Crippen LogP) is 3.96. The number of hydrogen-bond acceptors (Lipinski definition) is 3. The molecule has 2 heterocycles. The SMILES string of the molecule is N#Cc1cccc(CN2CCCC2c2ccsc2)c1. The van der Waals surface area contributed by atoms with E-state index in [0.717, 1.165) is 18.7 Å². The number of benzene rings is 1. The van der Waals surface area contributed by atoms with Crippen molar-refractivity contribution in [3.05, 3.63) is 57.8 Å². The largest absolute Gasteiger partial charge is 0.292 e. The molecule has 0 amide bonds. The van der Waals surface area contributed by atoms with Crippen LogP contribution < -0.4 is 0 Å². The van der Waals surface area contributed by atoms with Gasteiger partial charge in [0.25, 0.3) is 0 Å². The van der Waals surface area contributed by atoms with Gasteiger partial charge in [0, 0.05) is 12.6 Å². The van der Waals surface area contributed by atoms with Crippen LogP contribution in [0.1, 0.15) is 35.6 Å². The summed E-state index contributed by atoms with van der Waals surface area (Å²) in [7, 11) is 0. The normalized spacial score (nSPS) is 19.4. The summed E-state index contributed by atoms with van der Waals surface area (Å²) in [5.74, 6) is 0. The molecule has 1 atom stereocenters. The van der Waals surface area contributed by atoms with Crippen molar-refractivity contribution in [1.29, 1.82) is 5.26 Å². The number of hydrogen-bond donors (Lipinski definition) is 0. The maximum Gasteiger partial charge on any atom is 0.0991 e. The number of nitriles is 1. The summed E-state index contributed by atoms with van der Waals surface area (Å²) in [6, 6.07) is 13.0. The lowest BCUT2D eigenvalue weighted by molar-refractivity contribution is 0.249. The van der Waals surface area contributed by atoms with Gasteiger partial charge < -0.3 is 0 Å². The van der Waals surface area contributed by atoms with E-state index in [0.29, 0.717) is 6.04 Å². The van der Waals surface area contributed by atoms with Crippen molar-refractivity contribution in [3.8, 4) is 6.07 Å². The lowest BCUT2D eigenvalue weighted by Crippen LogP contribution is -2.22. The average molecular weight is 268 g/mol. The van der Waals surface area contributed by atoms with Crippen LogP contribution >= 0.6 is 11.3 Å². The summed E-state index contributed by atoms with van der Waals surface area (Å²) in [4.78, 5) is 2.53. The first-order valence-electron chi connectivity index (χ1n) is 6.62. The molecule has 19 heavy (non-hydrogen) atoms.